The zero-order chi connectivity index (χ0) is 27.7. The van der Waals surface area contributed by atoms with Crippen LogP contribution >= 0.6 is 11.8 Å². The number of anilines is 2. The summed E-state index contributed by atoms with van der Waals surface area (Å²) in [5.74, 6) is -0.897. The van der Waals surface area contributed by atoms with Gasteiger partial charge in [-0.3, -0.25) is 4.79 Å². The highest BCUT2D eigenvalue weighted by molar-refractivity contribution is 7.98. The van der Waals surface area contributed by atoms with Gasteiger partial charge in [0.2, 0.25) is 11.1 Å². The summed E-state index contributed by atoms with van der Waals surface area (Å²) in [4.78, 5) is 29.8. The SMILES string of the molecule is CC1=C(C(=O)Nc2ccc(C)cc2C)C(c2ccc(C(=O)O)cc2)n2nc(SCc3ccccc3F)nc2N1. The molecule has 1 atom stereocenters. The van der Waals surface area contributed by atoms with Crippen molar-refractivity contribution in [1.82, 2.24) is 14.8 Å². The van der Waals surface area contributed by atoms with Crippen LogP contribution < -0.4 is 10.6 Å². The molecule has 3 N–H and O–H groups in total. The van der Waals surface area contributed by atoms with E-state index in [4.69, 9.17) is 0 Å². The lowest BCUT2D eigenvalue weighted by atomic mass is 9.94. The third-order valence-electron chi connectivity index (χ3n) is 6.50. The largest absolute Gasteiger partial charge is 0.478 e. The normalized spacial score (nSPS) is 14.5. The maximum Gasteiger partial charge on any atom is 0.335 e. The number of nitrogens with zero attached hydrogens (tertiary/aromatic N) is 3. The second-order valence-corrected chi connectivity index (χ2v) is 10.3. The van der Waals surface area contributed by atoms with Gasteiger partial charge in [-0.25, -0.2) is 13.9 Å². The molecule has 1 amide bonds. The maximum absolute atomic E-state index is 14.1. The maximum atomic E-state index is 14.1. The third-order valence-corrected chi connectivity index (χ3v) is 7.38. The zero-order valence-electron chi connectivity index (χ0n) is 21.5. The van der Waals surface area contributed by atoms with E-state index in [1.54, 1.807) is 41.9 Å². The Labute approximate surface area is 229 Å². The summed E-state index contributed by atoms with van der Waals surface area (Å²) >= 11 is 1.28. The highest BCUT2D eigenvalue weighted by Gasteiger charge is 2.34. The summed E-state index contributed by atoms with van der Waals surface area (Å²) < 4.78 is 15.8. The minimum absolute atomic E-state index is 0.134. The summed E-state index contributed by atoms with van der Waals surface area (Å²) in [5, 5.41) is 20.7. The first-order valence-electron chi connectivity index (χ1n) is 12.2. The van der Waals surface area contributed by atoms with E-state index in [1.807, 2.05) is 32.0 Å². The molecule has 0 bridgehead atoms. The van der Waals surface area contributed by atoms with Crippen molar-refractivity contribution in [2.45, 2.75) is 37.7 Å². The van der Waals surface area contributed by atoms with Gasteiger partial charge in [-0.2, -0.15) is 4.98 Å². The number of carbonyl (C=O) groups excluding carboxylic acids is 1. The zero-order valence-corrected chi connectivity index (χ0v) is 22.3. The number of carboxylic acids is 1. The number of carboxylic acid groups (broad SMARTS) is 1. The Kier molecular flexibility index (Phi) is 7.21. The number of halogens is 1. The van der Waals surface area contributed by atoms with Crippen LogP contribution in [0.2, 0.25) is 0 Å². The van der Waals surface area contributed by atoms with Crippen LogP contribution in [0.3, 0.4) is 0 Å². The quantitative estimate of drug-likeness (QED) is 0.247. The number of allylic oxidation sites excluding steroid dienone is 1. The Morgan fingerprint density at radius 3 is 2.51 bits per heavy atom. The first-order chi connectivity index (χ1) is 18.7. The molecule has 1 aromatic heterocycles. The van der Waals surface area contributed by atoms with E-state index in [9.17, 15) is 19.1 Å². The van der Waals surface area contributed by atoms with Crippen molar-refractivity contribution in [1.29, 1.82) is 0 Å². The topological polar surface area (TPSA) is 109 Å². The summed E-state index contributed by atoms with van der Waals surface area (Å²) in [6.45, 7) is 5.71. The van der Waals surface area contributed by atoms with Gasteiger partial charge >= 0.3 is 5.97 Å². The molecule has 0 spiro atoms. The standard InChI is InChI=1S/C29H26FN5O3S/c1-16-8-13-23(17(2)14-16)32-26(36)24-18(3)31-28-33-29(39-15-21-6-4-5-7-22(21)30)34-35(28)25(24)19-9-11-20(12-10-19)27(37)38/h4-14,25H,15H2,1-3H3,(H,32,36)(H,37,38)(H,31,33,34). The highest BCUT2D eigenvalue weighted by Crippen LogP contribution is 2.37. The first-order valence-corrected chi connectivity index (χ1v) is 13.2. The van der Waals surface area contributed by atoms with Gasteiger partial charge < -0.3 is 15.7 Å². The molecule has 0 saturated heterocycles. The van der Waals surface area contributed by atoms with Crippen LogP contribution in [0.15, 0.2) is 83.2 Å². The third kappa shape index (κ3) is 5.42. The van der Waals surface area contributed by atoms with Crippen molar-refractivity contribution >= 4 is 35.3 Å². The smallest absolute Gasteiger partial charge is 0.335 e. The second kappa shape index (κ2) is 10.7. The van der Waals surface area contributed by atoms with Gasteiger partial charge in [0.25, 0.3) is 5.91 Å². The van der Waals surface area contributed by atoms with Crippen molar-refractivity contribution in [3.05, 3.63) is 112 Å². The van der Waals surface area contributed by atoms with E-state index < -0.39 is 12.0 Å². The van der Waals surface area contributed by atoms with Gasteiger partial charge in [-0.15, -0.1) is 5.10 Å². The van der Waals surface area contributed by atoms with Crippen LogP contribution in [0.5, 0.6) is 0 Å². The molecule has 0 fully saturated rings. The number of fused-ring (bicyclic) bond motifs is 1. The van der Waals surface area contributed by atoms with E-state index in [-0.39, 0.29) is 17.3 Å². The monoisotopic (exact) mass is 543 g/mol. The molecule has 39 heavy (non-hydrogen) atoms. The molecule has 4 aromatic rings. The molecule has 8 nitrogen and oxygen atoms in total. The Morgan fingerprint density at radius 2 is 1.82 bits per heavy atom. The molecule has 3 aromatic carbocycles. The van der Waals surface area contributed by atoms with E-state index in [2.05, 4.69) is 20.7 Å². The number of hydrogen-bond donors (Lipinski definition) is 3. The molecule has 10 heteroatoms. The van der Waals surface area contributed by atoms with Crippen molar-refractivity contribution in [3.63, 3.8) is 0 Å². The Morgan fingerprint density at radius 1 is 1.08 bits per heavy atom. The van der Waals surface area contributed by atoms with Gasteiger partial charge in [0.05, 0.1) is 11.1 Å². The summed E-state index contributed by atoms with van der Waals surface area (Å²) in [6, 6.07) is 18.0. The molecule has 5 rings (SSSR count). The fourth-order valence-electron chi connectivity index (χ4n) is 4.50. The van der Waals surface area contributed by atoms with E-state index in [1.165, 1.54) is 30.0 Å². The van der Waals surface area contributed by atoms with Gasteiger partial charge in [0, 0.05) is 17.1 Å². The number of aromatic carboxylic acids is 1. The lowest BCUT2D eigenvalue weighted by molar-refractivity contribution is -0.113. The highest BCUT2D eigenvalue weighted by atomic mass is 32.2. The van der Waals surface area contributed by atoms with Crippen molar-refractivity contribution < 1.29 is 19.1 Å². The Balaban J connectivity index is 1.51. The van der Waals surface area contributed by atoms with Crippen LogP contribution in [0, 0.1) is 19.7 Å². The Hall–Kier alpha value is -4.44. The van der Waals surface area contributed by atoms with E-state index >= 15 is 0 Å². The number of aromatic nitrogens is 3. The average molecular weight is 544 g/mol. The van der Waals surface area contributed by atoms with Crippen LogP contribution in [0.25, 0.3) is 0 Å². The predicted molar refractivity (Wildman–Crippen MR) is 148 cm³/mol. The molecule has 1 aliphatic heterocycles. The molecule has 0 radical (unpaired) electrons. The first kappa shape index (κ1) is 26.2. The predicted octanol–water partition coefficient (Wildman–Crippen LogP) is 5.95. The van der Waals surface area contributed by atoms with Gasteiger partial charge in [0.1, 0.15) is 11.9 Å². The lowest BCUT2D eigenvalue weighted by Gasteiger charge is -2.29. The fourth-order valence-corrected chi connectivity index (χ4v) is 5.32. The number of thioether (sulfide) groups is 1. The van der Waals surface area contributed by atoms with Crippen LogP contribution in [-0.4, -0.2) is 31.7 Å². The van der Waals surface area contributed by atoms with Crippen LogP contribution in [0.1, 0.15) is 45.6 Å². The van der Waals surface area contributed by atoms with E-state index in [0.717, 1.165) is 11.1 Å². The molecule has 0 aliphatic carbocycles. The number of benzene rings is 3. The molecular formula is C29H26FN5O3S. The number of amides is 1. The van der Waals surface area contributed by atoms with Crippen molar-refractivity contribution in [3.8, 4) is 0 Å². The van der Waals surface area contributed by atoms with Gasteiger partial charge in [-0.1, -0.05) is 59.8 Å². The van der Waals surface area contributed by atoms with Crippen molar-refractivity contribution in [2.75, 3.05) is 10.6 Å². The summed E-state index contributed by atoms with van der Waals surface area (Å²) in [5.41, 5.74) is 5.06. The molecule has 0 saturated carbocycles. The average Bonchev–Trinajstić information content (AvgIpc) is 3.31. The minimum atomic E-state index is -1.04. The summed E-state index contributed by atoms with van der Waals surface area (Å²) in [6.07, 6.45) is 0. The number of carbonyl (C=O) groups is 2. The van der Waals surface area contributed by atoms with Crippen molar-refractivity contribution in [2.24, 2.45) is 0 Å². The second-order valence-electron chi connectivity index (χ2n) is 9.31. The van der Waals surface area contributed by atoms with Gasteiger partial charge in [-0.05, 0) is 61.7 Å². The minimum Gasteiger partial charge on any atom is -0.478 e. The number of hydrogen-bond acceptors (Lipinski definition) is 6. The molecule has 1 unspecified atom stereocenters. The van der Waals surface area contributed by atoms with Gasteiger partial charge in [0.15, 0.2) is 0 Å². The molecule has 198 valence electrons. The number of nitrogens with one attached hydrogen (secondary N) is 2. The summed E-state index contributed by atoms with van der Waals surface area (Å²) in [7, 11) is 0. The van der Waals surface area contributed by atoms with E-state index in [0.29, 0.717) is 44.9 Å². The lowest BCUT2D eigenvalue weighted by Crippen LogP contribution is -2.31. The van der Waals surface area contributed by atoms with Crippen LogP contribution in [-0.2, 0) is 10.5 Å². The molecule has 1 aliphatic rings. The number of aryl methyl sites for hydroxylation is 2. The number of rotatable bonds is 7. The molecule has 2 heterocycles. The Bertz CT molecular complexity index is 1610. The molecular weight excluding hydrogens is 517 g/mol. The van der Waals surface area contributed by atoms with Crippen LogP contribution in [0.4, 0.5) is 16.0 Å². The fraction of sp³-hybridized carbons (Fsp3) is 0.172.